The van der Waals surface area contributed by atoms with Gasteiger partial charge in [0.25, 0.3) is 0 Å². The second kappa shape index (κ2) is 9.83. The van der Waals surface area contributed by atoms with Crippen molar-refractivity contribution in [3.63, 3.8) is 0 Å². The van der Waals surface area contributed by atoms with Crippen LogP contribution < -0.4 is 0 Å². The number of phenolic OH excluding ortho intramolecular Hbond substituents is 1. The van der Waals surface area contributed by atoms with Crippen molar-refractivity contribution >= 4 is 0 Å². The van der Waals surface area contributed by atoms with Crippen LogP contribution in [0.3, 0.4) is 0 Å². The number of hydrogen-bond acceptors (Lipinski definition) is 2. The second-order valence-corrected chi connectivity index (χ2v) is 6.23. The van der Waals surface area contributed by atoms with Gasteiger partial charge in [-0.3, -0.25) is 0 Å². The first-order chi connectivity index (χ1) is 10.1. The second-order valence-electron chi connectivity index (χ2n) is 6.23. The molecular formula is C19H32O2. The van der Waals surface area contributed by atoms with E-state index in [9.17, 15) is 10.2 Å². The van der Waals surface area contributed by atoms with E-state index >= 15 is 0 Å². The maximum Gasteiger partial charge on any atom is 0.122 e. The maximum atomic E-state index is 10.4. The Morgan fingerprint density at radius 2 is 1.48 bits per heavy atom. The third-order valence-electron chi connectivity index (χ3n) is 3.96. The summed E-state index contributed by atoms with van der Waals surface area (Å²) in [5.74, 6) is 0.409. The van der Waals surface area contributed by atoms with Gasteiger partial charge in [0.15, 0.2) is 0 Å². The van der Waals surface area contributed by atoms with Crippen molar-refractivity contribution in [2.45, 2.75) is 84.7 Å². The van der Waals surface area contributed by atoms with E-state index in [1.165, 1.54) is 37.7 Å². The molecule has 0 fully saturated rings. The third kappa shape index (κ3) is 6.52. The zero-order chi connectivity index (χ0) is 15.7. The molecule has 1 atom stereocenters. The molecule has 2 nitrogen and oxygen atoms in total. The van der Waals surface area contributed by atoms with E-state index in [0.29, 0.717) is 12.2 Å². The van der Waals surface area contributed by atoms with E-state index in [4.69, 9.17) is 0 Å². The highest BCUT2D eigenvalue weighted by atomic mass is 16.3. The number of phenols is 1. The lowest BCUT2D eigenvalue weighted by atomic mass is 9.94. The van der Waals surface area contributed by atoms with Crippen LogP contribution in [0.4, 0.5) is 0 Å². The number of rotatable bonds is 10. The van der Waals surface area contributed by atoms with Crippen molar-refractivity contribution in [1.82, 2.24) is 0 Å². The standard InChI is InChI=1S/C19H32O2/c1-4-6-8-10-16-13-17(11-9-7-5-2)19(21)18(14-16)12-15(3)20/h13-15,20-21H,4-12H2,1-3H3. The monoisotopic (exact) mass is 292 g/mol. The predicted molar refractivity (Wildman–Crippen MR) is 89.9 cm³/mol. The van der Waals surface area contributed by atoms with Crippen LogP contribution in [-0.2, 0) is 19.3 Å². The summed E-state index contributed by atoms with van der Waals surface area (Å²) in [5, 5.41) is 20.1. The number of hydrogen-bond donors (Lipinski definition) is 2. The van der Waals surface area contributed by atoms with E-state index in [1.54, 1.807) is 6.92 Å². The lowest BCUT2D eigenvalue weighted by Crippen LogP contribution is -2.06. The third-order valence-corrected chi connectivity index (χ3v) is 3.96. The number of aliphatic hydroxyl groups excluding tert-OH is 1. The number of aryl methyl sites for hydroxylation is 2. The van der Waals surface area contributed by atoms with Gasteiger partial charge in [-0.25, -0.2) is 0 Å². The summed E-state index contributed by atoms with van der Waals surface area (Å²) in [4.78, 5) is 0. The van der Waals surface area contributed by atoms with Crippen LogP contribution in [0, 0.1) is 0 Å². The van der Waals surface area contributed by atoms with Crippen LogP contribution in [0.25, 0.3) is 0 Å². The number of aliphatic hydroxyl groups is 1. The Hall–Kier alpha value is -1.02. The van der Waals surface area contributed by atoms with E-state index in [-0.39, 0.29) is 0 Å². The van der Waals surface area contributed by atoms with Gasteiger partial charge in [-0.15, -0.1) is 0 Å². The van der Waals surface area contributed by atoms with Gasteiger partial charge in [-0.2, -0.15) is 0 Å². The zero-order valence-corrected chi connectivity index (χ0v) is 14.0. The average molecular weight is 292 g/mol. The van der Waals surface area contributed by atoms with Crippen LogP contribution in [0.2, 0.25) is 0 Å². The highest BCUT2D eigenvalue weighted by molar-refractivity contribution is 5.44. The summed E-state index contributed by atoms with van der Waals surface area (Å²) in [6.45, 7) is 6.19. The molecule has 21 heavy (non-hydrogen) atoms. The van der Waals surface area contributed by atoms with Gasteiger partial charge in [0.1, 0.15) is 5.75 Å². The molecule has 1 aromatic rings. The van der Waals surface area contributed by atoms with Crippen LogP contribution in [0.1, 0.15) is 76.0 Å². The minimum atomic E-state index is -0.412. The Kier molecular flexibility index (Phi) is 8.44. The fraction of sp³-hybridized carbons (Fsp3) is 0.684. The first kappa shape index (κ1) is 18.0. The van der Waals surface area contributed by atoms with Crippen molar-refractivity contribution in [2.75, 3.05) is 0 Å². The molecule has 0 saturated heterocycles. The van der Waals surface area contributed by atoms with Crippen LogP contribution in [0.5, 0.6) is 5.75 Å². The van der Waals surface area contributed by atoms with E-state index in [2.05, 4.69) is 26.0 Å². The van der Waals surface area contributed by atoms with Crippen molar-refractivity contribution in [2.24, 2.45) is 0 Å². The summed E-state index contributed by atoms with van der Waals surface area (Å²) in [5.41, 5.74) is 3.28. The Balaban J connectivity index is 2.88. The average Bonchev–Trinajstić information content (AvgIpc) is 2.43. The predicted octanol–water partition coefficient (Wildman–Crippen LogP) is 4.78. The molecular weight excluding hydrogens is 260 g/mol. The van der Waals surface area contributed by atoms with E-state index in [1.807, 2.05) is 0 Å². The minimum Gasteiger partial charge on any atom is -0.507 e. The molecule has 1 rings (SSSR count). The Morgan fingerprint density at radius 1 is 0.905 bits per heavy atom. The summed E-state index contributed by atoms with van der Waals surface area (Å²) in [7, 11) is 0. The summed E-state index contributed by atoms with van der Waals surface area (Å²) in [6.07, 6.45) is 9.32. The molecule has 0 aliphatic heterocycles. The molecule has 0 aliphatic carbocycles. The van der Waals surface area contributed by atoms with Gasteiger partial charge in [0.05, 0.1) is 6.10 Å². The van der Waals surface area contributed by atoms with Crippen molar-refractivity contribution in [3.05, 3.63) is 28.8 Å². The largest absolute Gasteiger partial charge is 0.507 e. The summed E-state index contributed by atoms with van der Waals surface area (Å²) >= 11 is 0. The molecule has 0 heterocycles. The smallest absolute Gasteiger partial charge is 0.122 e. The van der Waals surface area contributed by atoms with Crippen molar-refractivity contribution < 1.29 is 10.2 Å². The molecule has 2 N–H and O–H groups in total. The minimum absolute atomic E-state index is 0.409. The molecule has 0 saturated carbocycles. The molecule has 1 unspecified atom stereocenters. The molecule has 0 spiro atoms. The van der Waals surface area contributed by atoms with Gasteiger partial charge >= 0.3 is 0 Å². The van der Waals surface area contributed by atoms with Crippen LogP contribution in [-0.4, -0.2) is 16.3 Å². The van der Waals surface area contributed by atoms with E-state index < -0.39 is 6.10 Å². The summed E-state index contributed by atoms with van der Waals surface area (Å²) in [6, 6.07) is 4.26. The fourth-order valence-electron chi connectivity index (χ4n) is 2.79. The molecule has 0 aliphatic rings. The quantitative estimate of drug-likeness (QED) is 0.609. The fourth-order valence-corrected chi connectivity index (χ4v) is 2.79. The zero-order valence-electron chi connectivity index (χ0n) is 14.0. The first-order valence-electron chi connectivity index (χ1n) is 8.60. The van der Waals surface area contributed by atoms with Crippen LogP contribution >= 0.6 is 0 Å². The lowest BCUT2D eigenvalue weighted by molar-refractivity contribution is 0.194. The number of benzene rings is 1. The normalized spacial score (nSPS) is 12.6. The molecule has 0 bridgehead atoms. The van der Waals surface area contributed by atoms with Gasteiger partial charge in [0, 0.05) is 6.42 Å². The number of aromatic hydroxyl groups is 1. The van der Waals surface area contributed by atoms with E-state index in [0.717, 1.165) is 30.4 Å². The SMILES string of the molecule is CCCCCc1cc(CCCCC)c(O)c(CC(C)O)c1. The summed E-state index contributed by atoms with van der Waals surface area (Å²) < 4.78 is 0. The van der Waals surface area contributed by atoms with Gasteiger partial charge < -0.3 is 10.2 Å². The molecule has 0 amide bonds. The van der Waals surface area contributed by atoms with Gasteiger partial charge in [-0.05, 0) is 49.3 Å². The Labute approximate surface area is 130 Å². The molecule has 0 aromatic heterocycles. The highest BCUT2D eigenvalue weighted by Crippen LogP contribution is 2.28. The Bertz CT molecular complexity index is 410. The van der Waals surface area contributed by atoms with Crippen molar-refractivity contribution in [3.8, 4) is 5.75 Å². The molecule has 0 radical (unpaired) electrons. The van der Waals surface area contributed by atoms with Gasteiger partial charge in [0.2, 0.25) is 0 Å². The molecule has 2 heteroatoms. The van der Waals surface area contributed by atoms with Gasteiger partial charge in [-0.1, -0.05) is 51.7 Å². The van der Waals surface area contributed by atoms with Crippen LogP contribution in [0.15, 0.2) is 12.1 Å². The van der Waals surface area contributed by atoms with Crippen molar-refractivity contribution in [1.29, 1.82) is 0 Å². The Morgan fingerprint density at radius 3 is 2.05 bits per heavy atom. The highest BCUT2D eigenvalue weighted by Gasteiger charge is 2.12. The molecule has 120 valence electrons. The maximum absolute atomic E-state index is 10.4. The number of unbranched alkanes of at least 4 members (excludes halogenated alkanes) is 4. The molecule has 1 aromatic carbocycles. The lowest BCUT2D eigenvalue weighted by Gasteiger charge is -2.14. The topological polar surface area (TPSA) is 40.5 Å². The first-order valence-corrected chi connectivity index (χ1v) is 8.60.